The molecular formula is C12H15F2NO3. The zero-order chi connectivity index (χ0) is 13.9. The smallest absolute Gasteiger partial charge is 0.338 e. The summed E-state index contributed by atoms with van der Waals surface area (Å²) >= 11 is 0. The monoisotopic (exact) mass is 259 g/mol. The lowest BCUT2D eigenvalue weighted by Gasteiger charge is -2.24. The van der Waals surface area contributed by atoms with Gasteiger partial charge in [-0.1, -0.05) is 0 Å². The van der Waals surface area contributed by atoms with Crippen LogP contribution in [0.5, 0.6) is 0 Å². The standard InChI is InChI=1S/C12H15F2NO3/c1-12(2,18-3)6-15-8-5-4-7(11(16)17)9(13)10(8)14/h4-5,15H,6H2,1-3H3,(H,16,17). The van der Waals surface area contributed by atoms with Gasteiger partial charge < -0.3 is 15.2 Å². The second-order valence-electron chi connectivity index (χ2n) is 4.41. The van der Waals surface area contributed by atoms with E-state index in [0.717, 1.165) is 6.07 Å². The fraction of sp³-hybridized carbons (Fsp3) is 0.417. The van der Waals surface area contributed by atoms with E-state index in [9.17, 15) is 13.6 Å². The lowest BCUT2D eigenvalue weighted by molar-refractivity contribution is 0.0343. The van der Waals surface area contributed by atoms with Crippen molar-refractivity contribution in [2.45, 2.75) is 19.4 Å². The van der Waals surface area contributed by atoms with Gasteiger partial charge in [-0.05, 0) is 26.0 Å². The number of halogens is 2. The van der Waals surface area contributed by atoms with Crippen LogP contribution in [0.4, 0.5) is 14.5 Å². The molecule has 0 aliphatic rings. The lowest BCUT2D eigenvalue weighted by atomic mass is 10.1. The Labute approximate surface area is 104 Å². The Morgan fingerprint density at radius 3 is 2.50 bits per heavy atom. The van der Waals surface area contributed by atoms with Gasteiger partial charge >= 0.3 is 5.97 Å². The second kappa shape index (κ2) is 5.30. The van der Waals surface area contributed by atoms with E-state index in [4.69, 9.17) is 9.84 Å². The summed E-state index contributed by atoms with van der Waals surface area (Å²) < 4.78 is 32.1. The second-order valence-corrected chi connectivity index (χ2v) is 4.41. The first-order valence-electron chi connectivity index (χ1n) is 5.29. The molecule has 1 aromatic rings. The van der Waals surface area contributed by atoms with Gasteiger partial charge in [0.1, 0.15) is 0 Å². The number of hydrogen-bond acceptors (Lipinski definition) is 3. The van der Waals surface area contributed by atoms with Crippen LogP contribution in [0, 0.1) is 11.6 Å². The molecule has 0 amide bonds. The molecule has 0 aromatic heterocycles. The quantitative estimate of drug-likeness (QED) is 0.853. The van der Waals surface area contributed by atoms with Crippen LogP contribution in [0.2, 0.25) is 0 Å². The summed E-state index contributed by atoms with van der Waals surface area (Å²) in [5.74, 6) is -4.08. The topological polar surface area (TPSA) is 58.6 Å². The van der Waals surface area contributed by atoms with Crippen LogP contribution in [0.3, 0.4) is 0 Å². The maximum absolute atomic E-state index is 13.6. The molecule has 6 heteroatoms. The van der Waals surface area contributed by atoms with Crippen molar-refractivity contribution < 1.29 is 23.4 Å². The SMILES string of the molecule is COC(C)(C)CNc1ccc(C(=O)O)c(F)c1F. The largest absolute Gasteiger partial charge is 0.478 e. The lowest BCUT2D eigenvalue weighted by Crippen LogP contribution is -2.32. The number of anilines is 1. The normalized spacial score (nSPS) is 11.4. The van der Waals surface area contributed by atoms with E-state index in [2.05, 4.69) is 5.32 Å². The number of carboxylic acids is 1. The molecule has 2 N–H and O–H groups in total. The minimum atomic E-state index is -1.50. The molecule has 0 saturated carbocycles. The number of methoxy groups -OCH3 is 1. The van der Waals surface area contributed by atoms with E-state index in [1.54, 1.807) is 13.8 Å². The third-order valence-corrected chi connectivity index (χ3v) is 2.57. The van der Waals surface area contributed by atoms with Crippen LogP contribution in [-0.4, -0.2) is 30.3 Å². The van der Waals surface area contributed by atoms with Crippen molar-refractivity contribution in [3.05, 3.63) is 29.3 Å². The molecule has 0 bridgehead atoms. The Hall–Kier alpha value is -1.69. The van der Waals surface area contributed by atoms with Crippen LogP contribution in [-0.2, 0) is 4.74 Å². The van der Waals surface area contributed by atoms with Crippen molar-refractivity contribution in [1.82, 2.24) is 0 Å². The maximum Gasteiger partial charge on any atom is 0.338 e. The molecule has 0 fully saturated rings. The molecule has 18 heavy (non-hydrogen) atoms. The van der Waals surface area contributed by atoms with E-state index in [1.807, 2.05) is 0 Å². The van der Waals surface area contributed by atoms with Crippen LogP contribution in [0.25, 0.3) is 0 Å². The molecule has 0 aliphatic heterocycles. The highest BCUT2D eigenvalue weighted by Crippen LogP contribution is 2.21. The average Bonchev–Trinajstić information content (AvgIpc) is 2.30. The van der Waals surface area contributed by atoms with Crippen molar-refractivity contribution in [2.24, 2.45) is 0 Å². The molecule has 0 aliphatic carbocycles. The number of rotatable bonds is 5. The van der Waals surface area contributed by atoms with Gasteiger partial charge in [0.25, 0.3) is 0 Å². The van der Waals surface area contributed by atoms with E-state index in [0.29, 0.717) is 0 Å². The van der Waals surface area contributed by atoms with Crippen LogP contribution in [0.15, 0.2) is 12.1 Å². The van der Waals surface area contributed by atoms with Gasteiger partial charge in [-0.2, -0.15) is 0 Å². The molecule has 0 spiro atoms. The Bertz CT molecular complexity index is 461. The summed E-state index contributed by atoms with van der Waals surface area (Å²) in [7, 11) is 1.51. The highest BCUT2D eigenvalue weighted by Gasteiger charge is 2.20. The van der Waals surface area contributed by atoms with Crippen LogP contribution >= 0.6 is 0 Å². The Morgan fingerprint density at radius 2 is 2.00 bits per heavy atom. The number of ether oxygens (including phenoxy) is 1. The molecular weight excluding hydrogens is 244 g/mol. The number of aromatic carboxylic acids is 1. The predicted octanol–water partition coefficient (Wildman–Crippen LogP) is 2.50. The van der Waals surface area contributed by atoms with Crippen molar-refractivity contribution in [3.8, 4) is 0 Å². The number of carbonyl (C=O) groups is 1. The third kappa shape index (κ3) is 3.16. The van der Waals surface area contributed by atoms with Gasteiger partial charge in [-0.25, -0.2) is 13.6 Å². The van der Waals surface area contributed by atoms with Gasteiger partial charge in [0, 0.05) is 13.7 Å². The summed E-state index contributed by atoms with van der Waals surface area (Å²) in [6.07, 6.45) is 0. The first kappa shape index (κ1) is 14.4. The van der Waals surface area contributed by atoms with Crippen LogP contribution in [0.1, 0.15) is 24.2 Å². The Balaban J connectivity index is 2.93. The van der Waals surface area contributed by atoms with Gasteiger partial charge in [0.05, 0.1) is 16.9 Å². The Morgan fingerprint density at radius 1 is 1.39 bits per heavy atom. The van der Waals surface area contributed by atoms with Gasteiger partial charge in [-0.3, -0.25) is 0 Å². The molecule has 0 saturated heterocycles. The molecule has 1 rings (SSSR count). The van der Waals surface area contributed by atoms with Crippen molar-refractivity contribution in [2.75, 3.05) is 19.0 Å². The number of benzene rings is 1. The highest BCUT2D eigenvalue weighted by atomic mass is 19.2. The molecule has 100 valence electrons. The minimum absolute atomic E-state index is 0.0948. The third-order valence-electron chi connectivity index (χ3n) is 2.57. The van der Waals surface area contributed by atoms with E-state index >= 15 is 0 Å². The van der Waals surface area contributed by atoms with E-state index < -0.39 is 28.8 Å². The minimum Gasteiger partial charge on any atom is -0.478 e. The maximum atomic E-state index is 13.6. The fourth-order valence-corrected chi connectivity index (χ4v) is 1.23. The molecule has 0 atom stereocenters. The van der Waals surface area contributed by atoms with Crippen LogP contribution < -0.4 is 5.32 Å². The fourth-order valence-electron chi connectivity index (χ4n) is 1.23. The van der Waals surface area contributed by atoms with Crippen molar-refractivity contribution >= 4 is 11.7 Å². The summed E-state index contributed by atoms with van der Waals surface area (Å²) in [5, 5.41) is 11.3. The summed E-state index contributed by atoms with van der Waals surface area (Å²) in [4.78, 5) is 10.6. The average molecular weight is 259 g/mol. The van der Waals surface area contributed by atoms with Gasteiger partial charge in [0.2, 0.25) is 0 Å². The number of nitrogens with one attached hydrogen (secondary N) is 1. The first-order valence-corrected chi connectivity index (χ1v) is 5.29. The van der Waals surface area contributed by atoms with Crippen molar-refractivity contribution in [1.29, 1.82) is 0 Å². The summed E-state index contributed by atoms with van der Waals surface area (Å²) in [5.41, 5.74) is -1.33. The zero-order valence-electron chi connectivity index (χ0n) is 10.4. The molecule has 1 aromatic carbocycles. The van der Waals surface area contributed by atoms with E-state index in [-0.39, 0.29) is 12.2 Å². The van der Waals surface area contributed by atoms with Crippen molar-refractivity contribution in [3.63, 3.8) is 0 Å². The number of carboxylic acid groups (broad SMARTS) is 1. The van der Waals surface area contributed by atoms with E-state index in [1.165, 1.54) is 13.2 Å². The Kier molecular flexibility index (Phi) is 4.24. The first-order chi connectivity index (χ1) is 8.28. The van der Waals surface area contributed by atoms with Gasteiger partial charge in [-0.15, -0.1) is 0 Å². The summed E-state index contributed by atoms with van der Waals surface area (Å²) in [6.45, 7) is 3.81. The highest BCUT2D eigenvalue weighted by molar-refractivity contribution is 5.88. The predicted molar refractivity (Wildman–Crippen MR) is 62.9 cm³/mol. The van der Waals surface area contributed by atoms with Gasteiger partial charge in [0.15, 0.2) is 11.6 Å². The number of hydrogen-bond donors (Lipinski definition) is 2. The molecule has 0 heterocycles. The molecule has 0 radical (unpaired) electrons. The zero-order valence-corrected chi connectivity index (χ0v) is 10.4. The molecule has 4 nitrogen and oxygen atoms in total. The summed E-state index contributed by atoms with van der Waals surface area (Å²) in [6, 6.07) is 2.20. The molecule has 0 unspecified atom stereocenters.